The minimum atomic E-state index is -1.59. The Morgan fingerprint density at radius 1 is 1.23 bits per heavy atom. The molecule has 1 heterocycles. The molecule has 8 heteroatoms. The number of piperidine rings is 1. The summed E-state index contributed by atoms with van der Waals surface area (Å²) < 4.78 is 0. The Kier molecular flexibility index (Phi) is 10.1. The summed E-state index contributed by atoms with van der Waals surface area (Å²) in [5.74, 6) is -0.637. The summed E-state index contributed by atoms with van der Waals surface area (Å²) in [6, 6.07) is 8.88. The lowest BCUT2D eigenvalue weighted by Gasteiger charge is -2.25. The number of hydrogen-bond acceptors (Lipinski definition) is 4. The minimum Gasteiger partial charge on any atom is -0.426 e. The quantitative estimate of drug-likeness (QED) is 0.459. The maximum atomic E-state index is 11.1. The fraction of sp³-hybridized carbons (Fsp3) is 0.444. The number of rotatable bonds is 5. The van der Waals surface area contributed by atoms with Crippen molar-refractivity contribution in [3.05, 3.63) is 48.6 Å². The van der Waals surface area contributed by atoms with Crippen LogP contribution in [0.2, 0.25) is 0 Å². The van der Waals surface area contributed by atoms with E-state index in [-0.39, 0.29) is 5.91 Å². The molecule has 1 unspecified atom stereocenters. The third-order valence-electron chi connectivity index (χ3n) is 4.04. The molecule has 1 aromatic carbocycles. The van der Waals surface area contributed by atoms with Crippen LogP contribution in [-0.4, -0.2) is 60.1 Å². The molecule has 0 radical (unpaired) electrons. The van der Waals surface area contributed by atoms with Crippen molar-refractivity contribution in [2.45, 2.75) is 31.6 Å². The van der Waals surface area contributed by atoms with Crippen LogP contribution in [0.4, 0.5) is 4.79 Å². The number of likely N-dealkylation sites (tertiary alicyclic amines) is 1. The van der Waals surface area contributed by atoms with Gasteiger partial charge in [-0.05, 0) is 37.3 Å². The molecule has 1 aliphatic heterocycles. The molecule has 0 aromatic heterocycles. The molecule has 26 heavy (non-hydrogen) atoms. The standard InChI is InChI=1S/C10H15BN2O3.C8H13NO/c1-12-10(14)13-9(11(15)16)7-8-5-3-2-4-6-8;1-2-8(10)9-6-4-3-5-7-9/h2-6,9,15-16H,7H2,1H3,(H2,12,13,14);2H,1,3-7H2. The summed E-state index contributed by atoms with van der Waals surface area (Å²) in [7, 11) is -0.115. The summed E-state index contributed by atoms with van der Waals surface area (Å²) in [5.41, 5.74) is 0.928. The van der Waals surface area contributed by atoms with Gasteiger partial charge in [-0.1, -0.05) is 36.9 Å². The number of nitrogens with zero attached hydrogens (tertiary/aromatic N) is 1. The van der Waals surface area contributed by atoms with Crippen LogP contribution in [0.25, 0.3) is 0 Å². The van der Waals surface area contributed by atoms with Gasteiger partial charge in [0.15, 0.2) is 0 Å². The third-order valence-corrected chi connectivity index (χ3v) is 4.04. The van der Waals surface area contributed by atoms with Gasteiger partial charge in [0.25, 0.3) is 0 Å². The van der Waals surface area contributed by atoms with Crippen LogP contribution in [-0.2, 0) is 11.2 Å². The number of carbonyl (C=O) groups excluding carboxylic acids is 2. The summed E-state index contributed by atoms with van der Waals surface area (Å²) in [4.78, 5) is 23.9. The van der Waals surface area contributed by atoms with Gasteiger partial charge in [-0.2, -0.15) is 0 Å². The van der Waals surface area contributed by atoms with Gasteiger partial charge >= 0.3 is 13.1 Å². The predicted octanol–water partition coefficient (Wildman–Crippen LogP) is 0.724. The van der Waals surface area contributed by atoms with E-state index in [2.05, 4.69) is 17.2 Å². The normalized spacial score (nSPS) is 14.3. The van der Waals surface area contributed by atoms with Crippen molar-refractivity contribution in [1.29, 1.82) is 0 Å². The molecule has 0 saturated carbocycles. The van der Waals surface area contributed by atoms with E-state index in [4.69, 9.17) is 10.0 Å². The van der Waals surface area contributed by atoms with Gasteiger partial charge in [-0.15, -0.1) is 0 Å². The molecule has 0 bridgehead atoms. The second kappa shape index (κ2) is 12.1. The highest BCUT2D eigenvalue weighted by molar-refractivity contribution is 6.43. The Morgan fingerprint density at radius 3 is 2.35 bits per heavy atom. The first-order valence-electron chi connectivity index (χ1n) is 8.77. The van der Waals surface area contributed by atoms with Gasteiger partial charge in [0.05, 0.1) is 5.94 Å². The molecule has 0 aliphatic carbocycles. The molecule has 1 aromatic rings. The zero-order valence-electron chi connectivity index (χ0n) is 15.2. The number of urea groups is 1. The molecule has 142 valence electrons. The van der Waals surface area contributed by atoms with E-state index < -0.39 is 19.1 Å². The van der Waals surface area contributed by atoms with Crippen LogP contribution in [0.5, 0.6) is 0 Å². The van der Waals surface area contributed by atoms with E-state index in [0.29, 0.717) is 6.42 Å². The van der Waals surface area contributed by atoms with Crippen molar-refractivity contribution in [1.82, 2.24) is 15.5 Å². The Morgan fingerprint density at radius 2 is 1.85 bits per heavy atom. The highest BCUT2D eigenvalue weighted by Gasteiger charge is 2.25. The molecule has 3 amide bonds. The highest BCUT2D eigenvalue weighted by atomic mass is 16.4. The molecule has 1 atom stereocenters. The van der Waals surface area contributed by atoms with Gasteiger partial charge in [0, 0.05) is 20.1 Å². The third kappa shape index (κ3) is 8.18. The van der Waals surface area contributed by atoms with Crippen molar-refractivity contribution in [2.24, 2.45) is 0 Å². The molecule has 1 aliphatic rings. The Balaban J connectivity index is 0.000000289. The van der Waals surface area contributed by atoms with Crippen molar-refractivity contribution in [3.8, 4) is 0 Å². The van der Waals surface area contributed by atoms with Gasteiger partial charge in [-0.25, -0.2) is 4.79 Å². The summed E-state index contributed by atoms with van der Waals surface area (Å²) in [6.45, 7) is 5.29. The number of nitrogens with one attached hydrogen (secondary N) is 2. The van der Waals surface area contributed by atoms with Crippen LogP contribution in [0, 0.1) is 0 Å². The molecule has 2 rings (SSSR count). The summed E-state index contributed by atoms with van der Waals surface area (Å²) in [6.07, 6.45) is 5.33. The Hall–Kier alpha value is -2.32. The van der Waals surface area contributed by atoms with Gasteiger partial charge in [0.2, 0.25) is 5.91 Å². The maximum Gasteiger partial charge on any atom is 0.475 e. The molecule has 4 N–H and O–H groups in total. The number of carbonyl (C=O) groups is 2. The van der Waals surface area contributed by atoms with Crippen LogP contribution >= 0.6 is 0 Å². The fourth-order valence-corrected chi connectivity index (χ4v) is 2.58. The van der Waals surface area contributed by atoms with E-state index in [1.165, 1.54) is 19.5 Å². The van der Waals surface area contributed by atoms with Crippen LogP contribution in [0.15, 0.2) is 43.0 Å². The SMILES string of the molecule is C=CC(=O)N1CCCCC1.CNC(=O)NC(Cc1ccccc1)B(O)O. The van der Waals surface area contributed by atoms with Gasteiger partial charge in [0.1, 0.15) is 0 Å². The van der Waals surface area contributed by atoms with Crippen LogP contribution in [0.1, 0.15) is 24.8 Å². The van der Waals surface area contributed by atoms with Crippen molar-refractivity contribution in [2.75, 3.05) is 20.1 Å². The Bertz CT molecular complexity index is 563. The first kappa shape index (κ1) is 21.7. The smallest absolute Gasteiger partial charge is 0.426 e. The predicted molar refractivity (Wildman–Crippen MR) is 102 cm³/mol. The molecular weight excluding hydrogens is 333 g/mol. The lowest BCUT2D eigenvalue weighted by Crippen LogP contribution is -2.50. The van der Waals surface area contributed by atoms with Crippen molar-refractivity contribution in [3.63, 3.8) is 0 Å². The lowest BCUT2D eigenvalue weighted by atomic mass is 9.76. The maximum absolute atomic E-state index is 11.1. The molecule has 1 fully saturated rings. The van der Waals surface area contributed by atoms with E-state index in [1.54, 1.807) is 0 Å². The van der Waals surface area contributed by atoms with Crippen molar-refractivity contribution < 1.29 is 19.6 Å². The lowest BCUT2D eigenvalue weighted by molar-refractivity contribution is -0.126. The first-order chi connectivity index (χ1) is 12.5. The van der Waals surface area contributed by atoms with E-state index >= 15 is 0 Å². The summed E-state index contributed by atoms with van der Waals surface area (Å²) >= 11 is 0. The average molecular weight is 361 g/mol. The Labute approximate surface area is 155 Å². The van der Waals surface area contributed by atoms with Crippen molar-refractivity contribution >= 4 is 19.1 Å². The highest BCUT2D eigenvalue weighted by Crippen LogP contribution is 2.08. The number of amides is 3. The monoisotopic (exact) mass is 361 g/mol. The number of benzene rings is 1. The molecular formula is C18H28BN3O4. The molecule has 7 nitrogen and oxygen atoms in total. The topological polar surface area (TPSA) is 102 Å². The molecule has 1 saturated heterocycles. The van der Waals surface area contributed by atoms with Gasteiger partial charge < -0.3 is 25.6 Å². The first-order valence-corrected chi connectivity index (χ1v) is 8.77. The van der Waals surface area contributed by atoms with Gasteiger partial charge in [-0.3, -0.25) is 4.79 Å². The minimum absolute atomic E-state index is 0.0831. The fourth-order valence-electron chi connectivity index (χ4n) is 2.58. The largest absolute Gasteiger partial charge is 0.475 e. The van der Waals surface area contributed by atoms with E-state index in [0.717, 1.165) is 31.5 Å². The van der Waals surface area contributed by atoms with E-state index in [1.807, 2.05) is 35.2 Å². The second-order valence-electron chi connectivity index (χ2n) is 6.02. The zero-order valence-corrected chi connectivity index (χ0v) is 15.2. The van der Waals surface area contributed by atoms with E-state index in [9.17, 15) is 9.59 Å². The summed E-state index contributed by atoms with van der Waals surface area (Å²) in [5, 5.41) is 23.1. The number of hydrogen-bond donors (Lipinski definition) is 4. The van der Waals surface area contributed by atoms with Crippen LogP contribution < -0.4 is 10.6 Å². The van der Waals surface area contributed by atoms with Crippen LogP contribution in [0.3, 0.4) is 0 Å². The molecule has 0 spiro atoms. The second-order valence-corrected chi connectivity index (χ2v) is 6.02. The average Bonchev–Trinajstić information content (AvgIpc) is 2.68. The zero-order chi connectivity index (χ0) is 19.4.